The monoisotopic (exact) mass is 849 g/mol. The first-order chi connectivity index (χ1) is 24.9. The molecule has 14 rings (SSSR count). The second-order valence-electron chi connectivity index (χ2n) is 20.2. The summed E-state index contributed by atoms with van der Waals surface area (Å²) in [4.78, 5) is 8.61. The Morgan fingerprint density at radius 3 is 1.26 bits per heavy atom. The van der Waals surface area contributed by atoms with Crippen molar-refractivity contribution in [2.45, 2.75) is 150 Å². The van der Waals surface area contributed by atoms with Crippen LogP contribution in [-0.4, -0.2) is 39.1 Å². The fourth-order valence-corrected chi connectivity index (χ4v) is 24.6. The van der Waals surface area contributed by atoms with Crippen molar-refractivity contribution in [3.8, 4) is 0 Å². The molecule has 0 heterocycles. The van der Waals surface area contributed by atoms with E-state index in [2.05, 4.69) is 11.4 Å². The van der Waals surface area contributed by atoms with Gasteiger partial charge in [-0.05, 0) is 188 Å². The van der Waals surface area contributed by atoms with Crippen LogP contribution in [0.3, 0.4) is 0 Å². The van der Waals surface area contributed by atoms with Crippen LogP contribution in [0.2, 0.25) is 0 Å². The molecule has 2 aromatic rings. The fourth-order valence-electron chi connectivity index (χ4n) is 16.3. The average Bonchev–Trinajstić information content (AvgIpc) is 3.03. The van der Waals surface area contributed by atoms with Gasteiger partial charge in [0.2, 0.25) is 0 Å². The Labute approximate surface area is 334 Å². The van der Waals surface area contributed by atoms with Crippen molar-refractivity contribution in [1.29, 1.82) is 0 Å². The van der Waals surface area contributed by atoms with Gasteiger partial charge >= 0.3 is 5.91 Å². The maximum absolute atomic E-state index is 10.4. The van der Waals surface area contributed by atoms with Gasteiger partial charge in [-0.15, -0.1) is 6.07 Å². The van der Waals surface area contributed by atoms with Crippen LogP contribution in [0.1, 0.15) is 128 Å². The van der Waals surface area contributed by atoms with Gasteiger partial charge in [-0.1, -0.05) is 23.4 Å². The topological polar surface area (TPSA) is 90.6 Å². The molecule has 0 atom stereocenters. The number of benzene rings is 2. The molecular weight excluding hydrogens is 788 g/mol. The van der Waals surface area contributed by atoms with E-state index in [0.29, 0.717) is 0 Å². The maximum Gasteiger partial charge on any atom is 0.388 e. The van der Waals surface area contributed by atoms with E-state index in [0.717, 1.165) is 26.7 Å². The molecular formula is C45H62NO4PPdS. The molecule has 12 aliphatic carbocycles. The summed E-state index contributed by atoms with van der Waals surface area (Å²) in [6.45, 7) is 3.40. The Kier molecular flexibility index (Phi) is 10.7. The van der Waals surface area contributed by atoms with E-state index >= 15 is 0 Å². The third-order valence-corrected chi connectivity index (χ3v) is 21.9. The van der Waals surface area contributed by atoms with Crippen molar-refractivity contribution in [2.24, 2.45) is 53.3 Å². The van der Waals surface area contributed by atoms with Crippen molar-refractivity contribution in [2.75, 3.05) is 5.32 Å². The van der Waals surface area contributed by atoms with E-state index in [1.165, 1.54) is 65.4 Å². The van der Waals surface area contributed by atoms with Gasteiger partial charge in [0.25, 0.3) is 0 Å². The molecule has 0 spiro atoms. The molecule has 53 heavy (non-hydrogen) atoms. The van der Waals surface area contributed by atoms with Gasteiger partial charge in [0.05, 0.1) is 27.3 Å². The Morgan fingerprint density at radius 1 is 0.660 bits per heavy atom. The minimum atomic E-state index is -4.27. The second-order valence-corrected chi connectivity index (χ2v) is 25.5. The van der Waals surface area contributed by atoms with E-state index in [4.69, 9.17) is 4.79 Å². The molecule has 8 heteroatoms. The number of hydrogen-bond donors (Lipinski definition) is 1. The number of nitrogens with one attached hydrogen (secondary N) is 1. The molecule has 2 N–H and O–H groups in total. The summed E-state index contributed by atoms with van der Waals surface area (Å²) in [5.41, 5.74) is 1.71. The summed E-state index contributed by atoms with van der Waals surface area (Å²) < 4.78 is 31.2. The van der Waals surface area contributed by atoms with Crippen LogP contribution in [0.15, 0.2) is 53.4 Å². The number of hydrogen-bond acceptors (Lipinski definition) is 3. The largest absolute Gasteiger partial charge is 0.744 e. The van der Waals surface area contributed by atoms with Crippen molar-refractivity contribution >= 4 is 29.6 Å². The minimum absolute atomic E-state index is 0. The van der Waals surface area contributed by atoms with Gasteiger partial charge in [-0.3, -0.25) is 4.79 Å². The number of amides is 1. The predicted octanol–water partition coefficient (Wildman–Crippen LogP) is 10.4. The molecule has 12 bridgehead atoms. The maximum atomic E-state index is 10.4. The third-order valence-electron chi connectivity index (χ3n) is 16.0. The Hall–Kier alpha value is -1.09. The first-order valence-corrected chi connectivity index (χ1v) is 23.9. The fraction of sp³-hybridized carbons (Fsp3) is 0.711. The molecule has 292 valence electrons. The first-order valence-electron chi connectivity index (χ1n) is 21.0. The van der Waals surface area contributed by atoms with Crippen molar-refractivity contribution in [3.05, 3.63) is 60.2 Å². The van der Waals surface area contributed by atoms with Crippen molar-refractivity contribution in [1.82, 2.24) is 0 Å². The number of aryl methyl sites for hydroxylation is 1. The summed E-state index contributed by atoms with van der Waals surface area (Å²) in [5.74, 6) is 10.8. The van der Waals surface area contributed by atoms with E-state index in [1.807, 2.05) is 25.1 Å². The summed E-state index contributed by atoms with van der Waals surface area (Å²) >= 11 is 0. The summed E-state index contributed by atoms with van der Waals surface area (Å²) in [6, 6.07) is 16.1. The Morgan fingerprint density at radius 2 is 1.00 bits per heavy atom. The third kappa shape index (κ3) is 7.68. The molecule has 0 aliphatic heterocycles. The van der Waals surface area contributed by atoms with Crippen LogP contribution >= 0.6 is 7.92 Å². The first kappa shape index (κ1) is 38.8. The smallest absolute Gasteiger partial charge is 0.388 e. The normalized spacial score (nSPS) is 42.4. The molecule has 1 amide bonds. The van der Waals surface area contributed by atoms with Gasteiger partial charge in [0.15, 0.2) is 0 Å². The van der Waals surface area contributed by atoms with Gasteiger partial charge in [-0.2, -0.15) is 24.3 Å². The van der Waals surface area contributed by atoms with Gasteiger partial charge in [0.1, 0.15) is 10.1 Å². The van der Waals surface area contributed by atoms with Crippen LogP contribution in [0, 0.1) is 66.3 Å². The summed E-state index contributed by atoms with van der Waals surface area (Å²) in [6.07, 6.45) is 30.7. The van der Waals surface area contributed by atoms with Gasteiger partial charge < -0.3 is 9.87 Å². The predicted molar refractivity (Wildman–Crippen MR) is 212 cm³/mol. The molecule has 0 saturated heterocycles. The Balaban J connectivity index is 0.000000151. The second kappa shape index (κ2) is 14.7. The standard InChI is InChI=1S/C30H45P.C8H8NO.C7H8O3S.Pd/c1-19-2-21-3-20(1)11-28(10-19,12-21)31(29-13-22-4-23(14-29)6-24(5-22)15-29)30-16-25-7-26(17-30)9-27(8-25)18-30;1-7(10)9-8-5-3-2-4-6-8;1-6-2-4-7(5-3-6)11(8,9)10;/h19-27H,1-18H2;2-5H,1H3,(H,9,10);2-5H,1H3,(H,8,9,10);/q;-1;;/p+1. The van der Waals surface area contributed by atoms with Gasteiger partial charge in [0, 0.05) is 28.3 Å². The van der Waals surface area contributed by atoms with Crippen LogP contribution < -0.4 is 5.32 Å². The minimum Gasteiger partial charge on any atom is -0.744 e. The SMILES string of the molecule is C1C2CC3CC1CC([PH+](C14CC5CC(CC(C5)C1)C4)C14CC5CC(CC(C5)C1)C4)(C2)C3.CC(=[OH+])Nc1[c-]cccc1.Cc1ccc(S(=O)(=O)[O-])cc1.[Pd]. The number of rotatable bonds is 5. The Bertz CT molecular complexity index is 1530. The zero-order chi connectivity index (χ0) is 35.9. The zero-order valence-corrected chi connectivity index (χ0v) is 35.3. The quantitative estimate of drug-likeness (QED) is 0.107. The molecule has 0 aromatic heterocycles. The molecule has 12 saturated carbocycles. The summed E-state index contributed by atoms with van der Waals surface area (Å²) in [7, 11) is -4.60. The van der Waals surface area contributed by atoms with Crippen molar-refractivity contribution in [3.63, 3.8) is 0 Å². The number of carbonyl (C=O) groups excluding carboxylic acids is 1. The van der Waals surface area contributed by atoms with E-state index in [9.17, 15) is 13.0 Å². The molecule has 2 aromatic carbocycles. The van der Waals surface area contributed by atoms with Crippen LogP contribution in [0.5, 0.6) is 0 Å². The molecule has 0 unspecified atom stereocenters. The van der Waals surface area contributed by atoms with Crippen LogP contribution in [-0.2, 0) is 30.5 Å². The van der Waals surface area contributed by atoms with Gasteiger partial charge in [-0.25, -0.2) is 8.42 Å². The van der Waals surface area contributed by atoms with Crippen molar-refractivity contribution < 1.29 is 38.2 Å². The van der Waals surface area contributed by atoms with E-state index in [-0.39, 0.29) is 39.1 Å². The van der Waals surface area contributed by atoms with E-state index in [1.54, 1.807) is 141 Å². The zero-order valence-electron chi connectivity index (χ0n) is 31.9. The van der Waals surface area contributed by atoms with Crippen LogP contribution in [0.4, 0.5) is 5.69 Å². The van der Waals surface area contributed by atoms with E-state index < -0.39 is 10.1 Å². The number of para-hydroxylation sites is 1. The molecule has 0 radical (unpaired) electrons. The number of anilines is 1. The molecule has 12 aliphatic rings. The molecule has 5 nitrogen and oxygen atoms in total. The van der Waals surface area contributed by atoms with Crippen LogP contribution in [0.25, 0.3) is 0 Å². The summed E-state index contributed by atoms with van der Waals surface area (Å²) in [5, 5.41) is 5.46. The molecule has 12 fully saturated rings. The average molecular weight is 850 g/mol.